The van der Waals surface area contributed by atoms with Crippen LogP contribution in [0, 0.1) is 25.1 Å². The summed E-state index contributed by atoms with van der Waals surface area (Å²) in [4.78, 5) is 7.14. The molecule has 2 aliphatic rings. The van der Waals surface area contributed by atoms with Gasteiger partial charge in [0.1, 0.15) is 11.6 Å². The molecule has 1 aromatic heterocycles. The van der Waals surface area contributed by atoms with Gasteiger partial charge in [-0.05, 0) is 62.9 Å². The summed E-state index contributed by atoms with van der Waals surface area (Å²) >= 11 is 0. The summed E-state index contributed by atoms with van der Waals surface area (Å²) in [6, 6.07) is 5.59. The molecule has 2 saturated heterocycles. The second kappa shape index (κ2) is 6.22. The molecule has 0 radical (unpaired) electrons. The molecule has 3 heterocycles. The smallest absolute Gasteiger partial charge is 0.132 e. The quantitative estimate of drug-likeness (QED) is 0.880. The molecule has 25 heavy (non-hydrogen) atoms. The highest BCUT2D eigenvalue weighted by molar-refractivity contribution is 5.85. The van der Waals surface area contributed by atoms with Gasteiger partial charge in [0.05, 0.1) is 12.1 Å². The maximum absolute atomic E-state index is 14.2. The van der Waals surface area contributed by atoms with Gasteiger partial charge < -0.3 is 15.3 Å². The van der Waals surface area contributed by atoms with Crippen molar-refractivity contribution in [1.29, 1.82) is 0 Å². The molecule has 0 unspecified atom stereocenters. The zero-order valence-corrected chi connectivity index (χ0v) is 15.0. The second-order valence-corrected chi connectivity index (χ2v) is 7.73. The number of nitrogens with one attached hydrogen (secondary N) is 1. The van der Waals surface area contributed by atoms with E-state index in [1.165, 1.54) is 6.07 Å². The minimum absolute atomic E-state index is 0.101. The number of pyridine rings is 1. The van der Waals surface area contributed by atoms with Crippen molar-refractivity contribution in [3.63, 3.8) is 0 Å². The van der Waals surface area contributed by atoms with E-state index in [4.69, 9.17) is 4.98 Å². The lowest BCUT2D eigenvalue weighted by Crippen LogP contribution is -2.61. The number of aliphatic hydroxyl groups is 1. The number of rotatable bonds is 2. The van der Waals surface area contributed by atoms with Crippen LogP contribution in [0.2, 0.25) is 0 Å². The zero-order valence-electron chi connectivity index (χ0n) is 15.0. The van der Waals surface area contributed by atoms with Crippen molar-refractivity contribution < 1.29 is 9.50 Å². The van der Waals surface area contributed by atoms with Crippen molar-refractivity contribution in [3.05, 3.63) is 35.1 Å². The van der Waals surface area contributed by atoms with E-state index in [0.29, 0.717) is 11.4 Å². The first kappa shape index (κ1) is 16.7. The standard InChI is InChI=1S/C20H26FN3O/c1-13-4-5-16(21)15-10-14(2)19(23-18(13)15)24-9-6-17-20(11-24,12-25)7-3-8-22-17/h4-5,10,17,22,25H,3,6-9,11-12H2,1-2H3/t17-,20-/m1/s1. The number of piperidine rings is 2. The summed E-state index contributed by atoms with van der Waals surface area (Å²) in [5.41, 5.74) is 2.62. The Balaban J connectivity index is 1.74. The molecule has 0 saturated carbocycles. The fourth-order valence-electron chi connectivity index (χ4n) is 4.64. The molecule has 2 aromatic rings. The molecule has 2 fully saturated rings. The Labute approximate surface area is 148 Å². The van der Waals surface area contributed by atoms with E-state index < -0.39 is 0 Å². The average Bonchev–Trinajstić information content (AvgIpc) is 2.64. The number of aryl methyl sites for hydroxylation is 2. The Kier molecular flexibility index (Phi) is 4.16. The van der Waals surface area contributed by atoms with Crippen LogP contribution >= 0.6 is 0 Å². The molecule has 0 spiro atoms. The largest absolute Gasteiger partial charge is 0.396 e. The van der Waals surface area contributed by atoms with Gasteiger partial charge in [0.15, 0.2) is 0 Å². The van der Waals surface area contributed by atoms with Crippen LogP contribution in [0.3, 0.4) is 0 Å². The van der Waals surface area contributed by atoms with Crippen LogP contribution in [0.15, 0.2) is 18.2 Å². The molecular weight excluding hydrogens is 317 g/mol. The maximum Gasteiger partial charge on any atom is 0.132 e. The lowest BCUT2D eigenvalue weighted by Gasteiger charge is -2.51. The molecule has 4 nitrogen and oxygen atoms in total. The number of aliphatic hydroxyl groups excluding tert-OH is 1. The van der Waals surface area contributed by atoms with Crippen LogP contribution in [0.1, 0.15) is 30.4 Å². The van der Waals surface area contributed by atoms with Crippen molar-refractivity contribution in [2.24, 2.45) is 5.41 Å². The van der Waals surface area contributed by atoms with E-state index in [1.807, 2.05) is 19.9 Å². The lowest BCUT2D eigenvalue weighted by molar-refractivity contribution is 0.0403. The van der Waals surface area contributed by atoms with E-state index in [1.54, 1.807) is 6.07 Å². The lowest BCUT2D eigenvalue weighted by atomic mass is 9.70. The number of anilines is 1. The summed E-state index contributed by atoms with van der Waals surface area (Å²) in [6.45, 7) is 6.92. The number of benzene rings is 1. The van der Waals surface area contributed by atoms with Gasteiger partial charge in [0.2, 0.25) is 0 Å². The van der Waals surface area contributed by atoms with Gasteiger partial charge in [-0.1, -0.05) is 6.07 Å². The fraction of sp³-hybridized carbons (Fsp3) is 0.550. The number of aromatic nitrogens is 1. The SMILES string of the molecule is Cc1cc2c(F)ccc(C)c2nc1N1CC[C@H]2NCCC[C@]2(CO)C1. The molecule has 134 valence electrons. The fourth-order valence-corrected chi connectivity index (χ4v) is 4.64. The highest BCUT2D eigenvalue weighted by Gasteiger charge is 2.44. The highest BCUT2D eigenvalue weighted by atomic mass is 19.1. The number of hydrogen-bond acceptors (Lipinski definition) is 4. The molecule has 0 bridgehead atoms. The molecular formula is C20H26FN3O. The van der Waals surface area contributed by atoms with Gasteiger partial charge in [-0.3, -0.25) is 0 Å². The van der Waals surface area contributed by atoms with Gasteiger partial charge in [-0.2, -0.15) is 0 Å². The Hall–Kier alpha value is -1.72. The number of halogens is 1. The molecule has 0 aliphatic carbocycles. The first-order valence-corrected chi connectivity index (χ1v) is 9.20. The Bertz CT molecular complexity index is 809. The van der Waals surface area contributed by atoms with E-state index in [9.17, 15) is 9.50 Å². The van der Waals surface area contributed by atoms with Crippen LogP contribution in [-0.2, 0) is 0 Å². The van der Waals surface area contributed by atoms with Gasteiger partial charge in [0.25, 0.3) is 0 Å². The number of hydrogen-bond donors (Lipinski definition) is 2. The predicted octanol–water partition coefficient (Wildman–Crippen LogP) is 2.93. The third kappa shape index (κ3) is 2.70. The third-order valence-corrected chi connectivity index (χ3v) is 6.09. The third-order valence-electron chi connectivity index (χ3n) is 6.09. The summed E-state index contributed by atoms with van der Waals surface area (Å²) in [7, 11) is 0. The van der Waals surface area contributed by atoms with E-state index in [-0.39, 0.29) is 17.8 Å². The Morgan fingerprint density at radius 3 is 3.00 bits per heavy atom. The first-order chi connectivity index (χ1) is 12.0. The molecule has 2 atom stereocenters. The molecule has 2 N–H and O–H groups in total. The van der Waals surface area contributed by atoms with Gasteiger partial charge in [0, 0.05) is 29.9 Å². The highest BCUT2D eigenvalue weighted by Crippen LogP contribution is 2.39. The molecule has 1 aromatic carbocycles. The molecule has 0 amide bonds. The van der Waals surface area contributed by atoms with Crippen molar-refractivity contribution >= 4 is 16.7 Å². The van der Waals surface area contributed by atoms with Crippen molar-refractivity contribution in [3.8, 4) is 0 Å². The normalized spacial score (nSPS) is 26.7. The van der Waals surface area contributed by atoms with Crippen molar-refractivity contribution in [1.82, 2.24) is 10.3 Å². The van der Waals surface area contributed by atoms with Gasteiger partial charge >= 0.3 is 0 Å². The van der Waals surface area contributed by atoms with Crippen LogP contribution < -0.4 is 10.2 Å². The Morgan fingerprint density at radius 1 is 1.36 bits per heavy atom. The second-order valence-electron chi connectivity index (χ2n) is 7.73. The first-order valence-electron chi connectivity index (χ1n) is 9.20. The average molecular weight is 343 g/mol. The van der Waals surface area contributed by atoms with Gasteiger partial charge in [-0.25, -0.2) is 9.37 Å². The summed E-state index contributed by atoms with van der Waals surface area (Å²) < 4.78 is 14.2. The van der Waals surface area contributed by atoms with E-state index in [0.717, 1.165) is 61.4 Å². The number of fused-ring (bicyclic) bond motifs is 2. The topological polar surface area (TPSA) is 48.4 Å². The molecule has 4 rings (SSSR count). The Morgan fingerprint density at radius 2 is 2.20 bits per heavy atom. The van der Waals surface area contributed by atoms with Crippen LogP contribution in [-0.4, -0.2) is 42.4 Å². The van der Waals surface area contributed by atoms with E-state index >= 15 is 0 Å². The monoisotopic (exact) mass is 343 g/mol. The van der Waals surface area contributed by atoms with Crippen LogP contribution in [0.25, 0.3) is 10.9 Å². The molecule has 5 heteroatoms. The van der Waals surface area contributed by atoms with Crippen molar-refractivity contribution in [2.75, 3.05) is 31.1 Å². The van der Waals surface area contributed by atoms with Crippen LogP contribution in [0.4, 0.5) is 10.2 Å². The summed E-state index contributed by atoms with van der Waals surface area (Å²) in [5.74, 6) is 0.711. The number of nitrogens with zero attached hydrogens (tertiary/aromatic N) is 2. The van der Waals surface area contributed by atoms with Gasteiger partial charge in [-0.15, -0.1) is 0 Å². The minimum atomic E-state index is -0.218. The maximum atomic E-state index is 14.2. The summed E-state index contributed by atoms with van der Waals surface area (Å²) in [5, 5.41) is 14.3. The van der Waals surface area contributed by atoms with Crippen LogP contribution in [0.5, 0.6) is 0 Å². The molecule has 2 aliphatic heterocycles. The predicted molar refractivity (Wildman–Crippen MR) is 98.5 cm³/mol. The minimum Gasteiger partial charge on any atom is -0.396 e. The zero-order chi connectivity index (χ0) is 17.6. The van der Waals surface area contributed by atoms with Crippen molar-refractivity contribution in [2.45, 2.75) is 39.2 Å². The summed E-state index contributed by atoms with van der Waals surface area (Å²) in [6.07, 6.45) is 3.14. The van der Waals surface area contributed by atoms with E-state index in [2.05, 4.69) is 10.2 Å².